The maximum Gasteiger partial charge on any atom is 0.349 e. The fourth-order valence-electron chi connectivity index (χ4n) is 2.73. The highest BCUT2D eigenvalue weighted by Gasteiger charge is 2.21. The van der Waals surface area contributed by atoms with Crippen LogP contribution in [0.3, 0.4) is 0 Å². The molecule has 7 heteroatoms. The van der Waals surface area contributed by atoms with Crippen molar-refractivity contribution in [2.75, 3.05) is 40.3 Å². The minimum Gasteiger partial charge on any atom is -0.466 e. The molecule has 1 amide bonds. The molecule has 0 aliphatic heterocycles. The average molecular weight is 374 g/mol. The van der Waals surface area contributed by atoms with Gasteiger partial charge in [0.05, 0.1) is 13.0 Å². The van der Waals surface area contributed by atoms with Crippen LogP contribution in [0.1, 0.15) is 30.1 Å². The lowest BCUT2D eigenvalue weighted by molar-refractivity contribution is -0.143. The Morgan fingerprint density at radius 3 is 2.56 bits per heavy atom. The molecule has 2 rings (SSSR count). The quantitative estimate of drug-likeness (QED) is 0.494. The number of esters is 1. The number of hydrogen-bond acceptors (Lipinski definition) is 6. The average Bonchev–Trinajstić information content (AvgIpc) is 2.63. The first-order chi connectivity index (χ1) is 12.9. The number of ether oxygens (including phenoxy) is 1. The third-order valence-corrected chi connectivity index (χ3v) is 4.08. The number of hydrogen-bond donors (Lipinski definition) is 0. The monoisotopic (exact) mass is 374 g/mol. The zero-order valence-corrected chi connectivity index (χ0v) is 16.1. The highest BCUT2D eigenvalue weighted by molar-refractivity contribution is 5.96. The van der Waals surface area contributed by atoms with Gasteiger partial charge in [-0.2, -0.15) is 0 Å². The molecule has 0 unspecified atom stereocenters. The molecule has 0 bridgehead atoms. The number of nitrogens with zero attached hydrogens (tertiary/aromatic N) is 2. The van der Waals surface area contributed by atoms with Crippen molar-refractivity contribution in [1.82, 2.24) is 9.80 Å². The smallest absolute Gasteiger partial charge is 0.349 e. The van der Waals surface area contributed by atoms with Crippen molar-refractivity contribution in [1.29, 1.82) is 0 Å². The predicted molar refractivity (Wildman–Crippen MR) is 103 cm³/mol. The first kappa shape index (κ1) is 20.6. The van der Waals surface area contributed by atoms with Crippen molar-refractivity contribution in [2.45, 2.75) is 19.8 Å². The van der Waals surface area contributed by atoms with Crippen molar-refractivity contribution in [3.8, 4) is 0 Å². The van der Waals surface area contributed by atoms with Gasteiger partial charge in [-0.05, 0) is 46.1 Å². The Morgan fingerprint density at radius 1 is 1.11 bits per heavy atom. The van der Waals surface area contributed by atoms with Gasteiger partial charge in [0.15, 0.2) is 0 Å². The Kier molecular flexibility index (Phi) is 7.55. The van der Waals surface area contributed by atoms with Crippen molar-refractivity contribution in [3.63, 3.8) is 0 Å². The van der Waals surface area contributed by atoms with Crippen molar-refractivity contribution < 1.29 is 18.7 Å². The van der Waals surface area contributed by atoms with Crippen LogP contribution in [0.15, 0.2) is 39.5 Å². The number of rotatable bonds is 9. The maximum atomic E-state index is 13.0. The second-order valence-corrected chi connectivity index (χ2v) is 6.49. The summed E-state index contributed by atoms with van der Waals surface area (Å²) in [6, 6.07) is 8.59. The molecule has 2 aromatic rings. The highest BCUT2D eigenvalue weighted by Crippen LogP contribution is 2.14. The summed E-state index contributed by atoms with van der Waals surface area (Å²) in [6.07, 6.45) is 0.806. The summed E-state index contributed by atoms with van der Waals surface area (Å²) in [5.41, 5.74) is -0.264. The Hall–Kier alpha value is -2.67. The minimum atomic E-state index is -0.674. The molecule has 1 heterocycles. The van der Waals surface area contributed by atoms with E-state index in [0.29, 0.717) is 24.1 Å². The van der Waals surface area contributed by atoms with Gasteiger partial charge in [0.2, 0.25) is 0 Å². The van der Waals surface area contributed by atoms with E-state index >= 15 is 0 Å². The summed E-state index contributed by atoms with van der Waals surface area (Å²) in [5, 5.41) is 0.680. The summed E-state index contributed by atoms with van der Waals surface area (Å²) in [4.78, 5) is 40.5. The third kappa shape index (κ3) is 5.92. The van der Waals surface area contributed by atoms with Gasteiger partial charge in [-0.1, -0.05) is 18.2 Å². The zero-order valence-electron chi connectivity index (χ0n) is 16.1. The van der Waals surface area contributed by atoms with Gasteiger partial charge in [-0.25, -0.2) is 4.79 Å². The molecule has 7 nitrogen and oxygen atoms in total. The number of fused-ring (bicyclic) bond motifs is 1. The molecule has 0 fully saturated rings. The van der Waals surface area contributed by atoms with E-state index in [1.54, 1.807) is 31.2 Å². The summed E-state index contributed by atoms with van der Waals surface area (Å²) in [7, 11) is 3.89. The summed E-state index contributed by atoms with van der Waals surface area (Å²) < 4.78 is 10.2. The van der Waals surface area contributed by atoms with Gasteiger partial charge in [0.25, 0.3) is 5.91 Å². The zero-order chi connectivity index (χ0) is 19.8. The van der Waals surface area contributed by atoms with Crippen LogP contribution in [-0.2, 0) is 9.53 Å². The SMILES string of the molecule is CCOC(=O)CCN(CCCN(C)C)C(=O)c1cc2ccccc2oc1=O. The minimum absolute atomic E-state index is 0.0255. The topological polar surface area (TPSA) is 80.1 Å². The van der Waals surface area contributed by atoms with Crippen LogP contribution in [-0.4, -0.2) is 62.0 Å². The van der Waals surface area contributed by atoms with Crippen molar-refractivity contribution in [3.05, 3.63) is 46.3 Å². The second kappa shape index (κ2) is 9.87. The number of benzene rings is 1. The Morgan fingerprint density at radius 2 is 1.85 bits per heavy atom. The van der Waals surface area contributed by atoms with E-state index in [4.69, 9.17) is 9.15 Å². The molecule has 1 aromatic heterocycles. The lowest BCUT2D eigenvalue weighted by Crippen LogP contribution is -2.37. The fraction of sp³-hybridized carbons (Fsp3) is 0.450. The van der Waals surface area contributed by atoms with E-state index in [1.165, 1.54) is 4.90 Å². The lowest BCUT2D eigenvalue weighted by Gasteiger charge is -2.23. The van der Waals surface area contributed by atoms with Gasteiger partial charge >= 0.3 is 11.6 Å². The van der Waals surface area contributed by atoms with Crippen molar-refractivity contribution >= 4 is 22.8 Å². The maximum absolute atomic E-state index is 13.0. The van der Waals surface area contributed by atoms with Gasteiger partial charge in [0, 0.05) is 18.5 Å². The van der Waals surface area contributed by atoms with Crippen LogP contribution in [0.4, 0.5) is 0 Å². The molecule has 0 atom stereocenters. The van der Waals surface area contributed by atoms with E-state index in [0.717, 1.165) is 13.0 Å². The molecule has 27 heavy (non-hydrogen) atoms. The molecule has 0 radical (unpaired) electrons. The molecule has 0 saturated carbocycles. The van der Waals surface area contributed by atoms with Crippen LogP contribution in [0.2, 0.25) is 0 Å². The van der Waals surface area contributed by atoms with Gasteiger partial charge in [-0.3, -0.25) is 9.59 Å². The Balaban J connectivity index is 2.21. The molecule has 1 aromatic carbocycles. The molecular weight excluding hydrogens is 348 g/mol. The first-order valence-electron chi connectivity index (χ1n) is 9.05. The number of carbonyl (C=O) groups excluding carboxylic acids is 2. The summed E-state index contributed by atoms with van der Waals surface area (Å²) in [6.45, 7) is 3.44. The Bertz CT molecular complexity index is 844. The number of para-hydroxylation sites is 1. The van der Waals surface area contributed by atoms with Crippen LogP contribution < -0.4 is 5.63 Å². The van der Waals surface area contributed by atoms with E-state index in [9.17, 15) is 14.4 Å². The first-order valence-corrected chi connectivity index (χ1v) is 9.05. The summed E-state index contributed by atoms with van der Waals surface area (Å²) >= 11 is 0. The Labute approximate surface area is 158 Å². The number of carbonyl (C=O) groups is 2. The van der Waals surface area contributed by atoms with E-state index < -0.39 is 11.5 Å². The molecule has 0 N–H and O–H groups in total. The molecule has 0 aliphatic rings. The lowest BCUT2D eigenvalue weighted by atomic mass is 10.1. The van der Waals surface area contributed by atoms with Crippen LogP contribution in [0, 0.1) is 0 Å². The third-order valence-electron chi connectivity index (χ3n) is 4.08. The van der Waals surface area contributed by atoms with Gasteiger partial charge < -0.3 is 19.0 Å². The van der Waals surface area contributed by atoms with Crippen LogP contribution in [0.25, 0.3) is 11.0 Å². The fourth-order valence-corrected chi connectivity index (χ4v) is 2.73. The normalized spacial score (nSPS) is 11.0. The van der Waals surface area contributed by atoms with Crippen LogP contribution in [0.5, 0.6) is 0 Å². The van der Waals surface area contributed by atoms with Gasteiger partial charge in [-0.15, -0.1) is 0 Å². The largest absolute Gasteiger partial charge is 0.466 e. The highest BCUT2D eigenvalue weighted by atomic mass is 16.5. The van der Waals surface area contributed by atoms with Crippen molar-refractivity contribution in [2.24, 2.45) is 0 Å². The van der Waals surface area contributed by atoms with E-state index in [-0.39, 0.29) is 24.5 Å². The standard InChI is InChI=1S/C20H26N2O5/c1-4-26-18(23)10-13-22(12-7-11-21(2)3)19(24)16-14-15-8-5-6-9-17(15)27-20(16)25/h5-6,8-9,14H,4,7,10-13H2,1-3H3. The predicted octanol–water partition coefficient (Wildman–Crippen LogP) is 2.14. The number of amides is 1. The second-order valence-electron chi connectivity index (χ2n) is 6.49. The van der Waals surface area contributed by atoms with E-state index in [2.05, 4.69) is 0 Å². The summed E-state index contributed by atoms with van der Waals surface area (Å²) in [5.74, 6) is -0.800. The molecule has 146 valence electrons. The molecular formula is C20H26N2O5. The molecule has 0 saturated heterocycles. The van der Waals surface area contributed by atoms with Crippen LogP contribution >= 0.6 is 0 Å². The van der Waals surface area contributed by atoms with E-state index in [1.807, 2.05) is 25.1 Å². The van der Waals surface area contributed by atoms with Gasteiger partial charge in [0.1, 0.15) is 11.1 Å². The molecule has 0 aliphatic carbocycles. The molecule has 0 spiro atoms.